The van der Waals surface area contributed by atoms with Gasteiger partial charge >= 0.3 is 0 Å². The van der Waals surface area contributed by atoms with Crippen molar-refractivity contribution in [3.63, 3.8) is 0 Å². The molecule has 98 valence electrons. The summed E-state index contributed by atoms with van der Waals surface area (Å²) in [6, 6.07) is 7.94. The van der Waals surface area contributed by atoms with Crippen molar-refractivity contribution >= 4 is 11.5 Å². The highest BCUT2D eigenvalue weighted by Crippen LogP contribution is 2.29. The second kappa shape index (κ2) is 5.34. The summed E-state index contributed by atoms with van der Waals surface area (Å²) in [7, 11) is 1.75. The van der Waals surface area contributed by atoms with E-state index in [1.54, 1.807) is 31.4 Å². The number of aryl methyl sites for hydroxylation is 1. The molecule has 2 aromatic rings. The van der Waals surface area contributed by atoms with E-state index >= 15 is 0 Å². The Hall–Kier alpha value is -2.63. The Morgan fingerprint density at radius 1 is 1.32 bits per heavy atom. The number of nitro benzene ring substituents is 1. The van der Waals surface area contributed by atoms with E-state index in [9.17, 15) is 10.1 Å². The first-order valence-electron chi connectivity index (χ1n) is 5.67. The van der Waals surface area contributed by atoms with Crippen molar-refractivity contribution in [1.82, 2.24) is 4.98 Å². The molecule has 0 fully saturated rings. The van der Waals surface area contributed by atoms with Crippen molar-refractivity contribution in [3.05, 3.63) is 52.2 Å². The Balaban J connectivity index is 2.31. The molecule has 0 aliphatic heterocycles. The number of nitrogens with one attached hydrogen (secondary N) is 1. The Labute approximate surface area is 110 Å². The maximum absolute atomic E-state index is 10.7. The molecule has 19 heavy (non-hydrogen) atoms. The van der Waals surface area contributed by atoms with Gasteiger partial charge in [0.1, 0.15) is 17.3 Å². The first kappa shape index (κ1) is 12.8. The number of anilines is 1. The summed E-state index contributed by atoms with van der Waals surface area (Å²) in [6.45, 7) is 1.83. The molecule has 0 radical (unpaired) electrons. The molecule has 1 aromatic heterocycles. The average molecular weight is 259 g/mol. The van der Waals surface area contributed by atoms with Gasteiger partial charge < -0.3 is 10.1 Å². The van der Waals surface area contributed by atoms with Crippen LogP contribution in [0.1, 0.15) is 5.56 Å². The van der Waals surface area contributed by atoms with Crippen LogP contribution in [-0.2, 0) is 0 Å². The van der Waals surface area contributed by atoms with Crippen LogP contribution in [-0.4, -0.2) is 17.0 Å². The van der Waals surface area contributed by atoms with Gasteiger partial charge in [0, 0.05) is 25.4 Å². The normalized spacial score (nSPS) is 10.0. The van der Waals surface area contributed by atoms with Gasteiger partial charge in [0.2, 0.25) is 0 Å². The van der Waals surface area contributed by atoms with Gasteiger partial charge in [-0.25, -0.2) is 4.98 Å². The van der Waals surface area contributed by atoms with E-state index in [2.05, 4.69) is 10.3 Å². The van der Waals surface area contributed by atoms with Crippen molar-refractivity contribution in [2.24, 2.45) is 0 Å². The van der Waals surface area contributed by atoms with E-state index in [1.807, 2.05) is 6.92 Å². The standard InChI is InChI=1S/C13H13N3O3/c1-9-3-4-10(16(17)18)7-12(9)19-11-5-6-15-13(8-11)14-2/h3-8H,1-2H3,(H,14,15). The van der Waals surface area contributed by atoms with Gasteiger partial charge in [0.15, 0.2) is 0 Å². The van der Waals surface area contributed by atoms with Crippen LogP contribution in [0.25, 0.3) is 0 Å². The summed E-state index contributed by atoms with van der Waals surface area (Å²) >= 11 is 0. The number of non-ortho nitro benzene ring substituents is 1. The van der Waals surface area contributed by atoms with Crippen molar-refractivity contribution in [2.75, 3.05) is 12.4 Å². The monoisotopic (exact) mass is 259 g/mol. The van der Waals surface area contributed by atoms with Gasteiger partial charge in [-0.3, -0.25) is 10.1 Å². The first-order valence-corrected chi connectivity index (χ1v) is 5.67. The van der Waals surface area contributed by atoms with Gasteiger partial charge in [0.05, 0.1) is 11.0 Å². The summed E-state index contributed by atoms with van der Waals surface area (Å²) in [5.74, 6) is 1.70. The molecule has 0 saturated heterocycles. The molecule has 0 unspecified atom stereocenters. The number of rotatable bonds is 4. The number of aromatic nitrogens is 1. The maximum atomic E-state index is 10.7. The van der Waals surface area contributed by atoms with Crippen LogP contribution in [0.2, 0.25) is 0 Å². The number of ether oxygens (including phenoxy) is 1. The molecule has 6 nitrogen and oxygen atoms in total. The van der Waals surface area contributed by atoms with Gasteiger partial charge in [-0.2, -0.15) is 0 Å². The Morgan fingerprint density at radius 2 is 2.11 bits per heavy atom. The summed E-state index contributed by atoms with van der Waals surface area (Å²) in [6.07, 6.45) is 1.61. The quantitative estimate of drug-likeness (QED) is 0.674. The molecule has 0 spiro atoms. The van der Waals surface area contributed by atoms with Crippen LogP contribution in [0, 0.1) is 17.0 Å². The fourth-order valence-electron chi connectivity index (χ4n) is 1.55. The van der Waals surface area contributed by atoms with Gasteiger partial charge in [-0.15, -0.1) is 0 Å². The van der Waals surface area contributed by atoms with Crippen LogP contribution < -0.4 is 10.1 Å². The summed E-state index contributed by atoms with van der Waals surface area (Å²) in [4.78, 5) is 14.4. The lowest BCUT2D eigenvalue weighted by Crippen LogP contribution is -1.94. The minimum atomic E-state index is -0.447. The van der Waals surface area contributed by atoms with E-state index in [0.717, 1.165) is 5.56 Å². The molecule has 0 aliphatic carbocycles. The Kier molecular flexibility index (Phi) is 3.61. The lowest BCUT2D eigenvalue weighted by Gasteiger charge is -2.09. The predicted octanol–water partition coefficient (Wildman–Crippen LogP) is 3.13. The topological polar surface area (TPSA) is 77.3 Å². The number of hydrogen-bond donors (Lipinski definition) is 1. The third-order valence-corrected chi connectivity index (χ3v) is 2.60. The molecule has 1 aromatic carbocycles. The second-order valence-electron chi connectivity index (χ2n) is 3.94. The highest BCUT2D eigenvalue weighted by Gasteiger charge is 2.10. The number of nitro groups is 1. The predicted molar refractivity (Wildman–Crippen MR) is 71.7 cm³/mol. The van der Waals surface area contributed by atoms with Gasteiger partial charge in [-0.05, 0) is 24.6 Å². The van der Waals surface area contributed by atoms with E-state index in [1.165, 1.54) is 12.1 Å². The van der Waals surface area contributed by atoms with Gasteiger partial charge in [0.25, 0.3) is 5.69 Å². The highest BCUT2D eigenvalue weighted by atomic mass is 16.6. The molecule has 0 aliphatic rings. The number of nitrogens with zero attached hydrogens (tertiary/aromatic N) is 2. The highest BCUT2D eigenvalue weighted by molar-refractivity contribution is 5.47. The second-order valence-corrected chi connectivity index (χ2v) is 3.94. The molecular weight excluding hydrogens is 246 g/mol. The lowest BCUT2D eigenvalue weighted by molar-refractivity contribution is -0.384. The molecule has 1 N–H and O–H groups in total. The molecule has 1 heterocycles. The zero-order valence-electron chi connectivity index (χ0n) is 10.6. The zero-order chi connectivity index (χ0) is 13.8. The van der Waals surface area contributed by atoms with E-state index < -0.39 is 4.92 Å². The summed E-state index contributed by atoms with van der Waals surface area (Å²) < 4.78 is 5.66. The van der Waals surface area contributed by atoms with Crippen LogP contribution >= 0.6 is 0 Å². The summed E-state index contributed by atoms with van der Waals surface area (Å²) in [5, 5.41) is 13.6. The van der Waals surface area contributed by atoms with Crippen molar-refractivity contribution in [1.29, 1.82) is 0 Å². The molecule has 0 saturated carbocycles. The molecular formula is C13H13N3O3. The fraction of sp³-hybridized carbons (Fsp3) is 0.154. The SMILES string of the molecule is CNc1cc(Oc2cc([N+](=O)[O-])ccc2C)ccn1. The maximum Gasteiger partial charge on any atom is 0.273 e. The van der Waals surface area contributed by atoms with E-state index in [4.69, 9.17) is 4.74 Å². The first-order chi connectivity index (χ1) is 9.10. The van der Waals surface area contributed by atoms with Crippen molar-refractivity contribution in [3.8, 4) is 11.5 Å². The van der Waals surface area contributed by atoms with Crippen LogP contribution in [0.4, 0.5) is 11.5 Å². The molecule has 0 atom stereocenters. The van der Waals surface area contributed by atoms with E-state index in [-0.39, 0.29) is 5.69 Å². The summed E-state index contributed by atoms with van der Waals surface area (Å²) in [5.41, 5.74) is 0.830. The molecule has 0 bridgehead atoms. The fourth-order valence-corrected chi connectivity index (χ4v) is 1.55. The molecule has 6 heteroatoms. The average Bonchev–Trinajstić information content (AvgIpc) is 2.41. The third-order valence-electron chi connectivity index (χ3n) is 2.60. The number of benzene rings is 1. The molecule has 2 rings (SSSR count). The minimum Gasteiger partial charge on any atom is -0.457 e. The number of hydrogen-bond acceptors (Lipinski definition) is 5. The Bertz CT molecular complexity index is 614. The largest absolute Gasteiger partial charge is 0.457 e. The zero-order valence-corrected chi connectivity index (χ0v) is 10.6. The number of pyridine rings is 1. The van der Waals surface area contributed by atoms with Crippen molar-refractivity contribution < 1.29 is 9.66 Å². The van der Waals surface area contributed by atoms with Crippen LogP contribution in [0.3, 0.4) is 0 Å². The third kappa shape index (κ3) is 2.98. The minimum absolute atomic E-state index is 0.00324. The molecule has 0 amide bonds. The van der Waals surface area contributed by atoms with Crippen LogP contribution in [0.15, 0.2) is 36.5 Å². The van der Waals surface area contributed by atoms with Gasteiger partial charge in [-0.1, -0.05) is 0 Å². The smallest absolute Gasteiger partial charge is 0.273 e. The Morgan fingerprint density at radius 3 is 2.79 bits per heavy atom. The lowest BCUT2D eigenvalue weighted by atomic mass is 10.2. The van der Waals surface area contributed by atoms with Crippen molar-refractivity contribution in [2.45, 2.75) is 6.92 Å². The van der Waals surface area contributed by atoms with E-state index in [0.29, 0.717) is 17.3 Å². The van der Waals surface area contributed by atoms with Crippen LogP contribution in [0.5, 0.6) is 11.5 Å².